The summed E-state index contributed by atoms with van der Waals surface area (Å²) >= 11 is 1.37. The number of aromatic nitrogens is 3. The van der Waals surface area contributed by atoms with Crippen LogP contribution in [-0.2, 0) is 6.42 Å². The molecule has 2 rings (SSSR count). The Hall–Kier alpha value is -1.69. The molecule has 0 spiro atoms. The summed E-state index contributed by atoms with van der Waals surface area (Å²) in [5.74, 6) is 0.517. The van der Waals surface area contributed by atoms with E-state index in [1.807, 2.05) is 13.8 Å². The van der Waals surface area contributed by atoms with E-state index in [9.17, 15) is 4.79 Å². The molecule has 0 unspecified atom stereocenters. The van der Waals surface area contributed by atoms with Crippen molar-refractivity contribution < 1.29 is 4.79 Å². The second kappa shape index (κ2) is 4.44. The fraction of sp³-hybridized carbons (Fsp3) is 0.300. The van der Waals surface area contributed by atoms with Crippen molar-refractivity contribution in [2.24, 2.45) is 0 Å². The standard InChI is InChI=1S/C10H12N4OS/c1-3-7-4-12-14-9(7)13-10(15)8-5-11-6(2)16-8/h4-5H,3H2,1-2H3,(H2,12,13,14,15). The van der Waals surface area contributed by atoms with Gasteiger partial charge >= 0.3 is 0 Å². The first-order valence-electron chi connectivity index (χ1n) is 4.96. The van der Waals surface area contributed by atoms with Gasteiger partial charge in [-0.15, -0.1) is 11.3 Å². The zero-order chi connectivity index (χ0) is 11.5. The van der Waals surface area contributed by atoms with Crippen molar-refractivity contribution in [3.63, 3.8) is 0 Å². The molecule has 2 N–H and O–H groups in total. The van der Waals surface area contributed by atoms with Gasteiger partial charge in [-0.3, -0.25) is 9.89 Å². The molecular formula is C10H12N4OS. The van der Waals surface area contributed by atoms with Crippen LogP contribution in [-0.4, -0.2) is 21.1 Å². The predicted octanol–water partition coefficient (Wildman–Crippen LogP) is 1.99. The number of aryl methyl sites for hydroxylation is 2. The van der Waals surface area contributed by atoms with Crippen molar-refractivity contribution >= 4 is 23.1 Å². The number of anilines is 1. The topological polar surface area (TPSA) is 70.7 Å². The minimum absolute atomic E-state index is 0.149. The molecule has 0 aliphatic carbocycles. The molecule has 0 aliphatic rings. The maximum absolute atomic E-state index is 11.8. The number of thiazole rings is 1. The molecular weight excluding hydrogens is 224 g/mol. The van der Waals surface area contributed by atoms with Crippen LogP contribution in [0.1, 0.15) is 27.2 Å². The van der Waals surface area contributed by atoms with Crippen molar-refractivity contribution in [1.82, 2.24) is 15.2 Å². The van der Waals surface area contributed by atoms with Crippen LogP contribution in [0, 0.1) is 6.92 Å². The molecule has 0 aliphatic heterocycles. The number of carbonyl (C=O) groups is 1. The number of hydrogen-bond acceptors (Lipinski definition) is 4. The van der Waals surface area contributed by atoms with Crippen molar-refractivity contribution in [2.75, 3.05) is 5.32 Å². The van der Waals surface area contributed by atoms with Crippen LogP contribution >= 0.6 is 11.3 Å². The van der Waals surface area contributed by atoms with Crippen LogP contribution in [0.15, 0.2) is 12.4 Å². The van der Waals surface area contributed by atoms with Gasteiger partial charge in [0.2, 0.25) is 0 Å². The summed E-state index contributed by atoms with van der Waals surface area (Å²) in [6, 6.07) is 0. The molecule has 0 radical (unpaired) electrons. The molecule has 1 amide bonds. The summed E-state index contributed by atoms with van der Waals surface area (Å²) in [5.41, 5.74) is 0.995. The predicted molar refractivity (Wildman–Crippen MR) is 62.8 cm³/mol. The quantitative estimate of drug-likeness (QED) is 0.856. The fourth-order valence-electron chi connectivity index (χ4n) is 1.33. The van der Waals surface area contributed by atoms with Crippen LogP contribution in [0.25, 0.3) is 0 Å². The van der Waals surface area contributed by atoms with E-state index in [0.29, 0.717) is 10.7 Å². The van der Waals surface area contributed by atoms with Crippen molar-refractivity contribution in [3.05, 3.63) is 27.8 Å². The van der Waals surface area contributed by atoms with E-state index in [-0.39, 0.29) is 5.91 Å². The summed E-state index contributed by atoms with van der Waals surface area (Å²) in [4.78, 5) is 16.5. The first kappa shape index (κ1) is 10.8. The lowest BCUT2D eigenvalue weighted by atomic mass is 10.2. The third-order valence-corrected chi connectivity index (χ3v) is 3.09. The van der Waals surface area contributed by atoms with Crippen molar-refractivity contribution in [2.45, 2.75) is 20.3 Å². The Morgan fingerprint density at radius 2 is 2.38 bits per heavy atom. The van der Waals surface area contributed by atoms with E-state index in [2.05, 4.69) is 20.5 Å². The van der Waals surface area contributed by atoms with Crippen LogP contribution in [0.2, 0.25) is 0 Å². The minimum atomic E-state index is -0.149. The molecule has 2 heterocycles. The Bertz CT molecular complexity index is 502. The highest BCUT2D eigenvalue weighted by Crippen LogP contribution is 2.16. The molecule has 2 aromatic heterocycles. The van der Waals surface area contributed by atoms with Crippen LogP contribution in [0.3, 0.4) is 0 Å². The summed E-state index contributed by atoms with van der Waals surface area (Å²) in [5, 5.41) is 10.3. The van der Waals surface area contributed by atoms with Crippen molar-refractivity contribution in [3.8, 4) is 0 Å². The van der Waals surface area contributed by atoms with E-state index in [1.165, 1.54) is 11.3 Å². The zero-order valence-corrected chi connectivity index (χ0v) is 9.89. The number of amides is 1. The molecule has 0 fully saturated rings. The second-order valence-electron chi connectivity index (χ2n) is 3.32. The van der Waals surface area contributed by atoms with E-state index in [1.54, 1.807) is 12.4 Å². The lowest BCUT2D eigenvalue weighted by Gasteiger charge is -2.01. The Balaban J connectivity index is 2.13. The summed E-state index contributed by atoms with van der Waals surface area (Å²) in [6.45, 7) is 3.88. The van der Waals surface area contributed by atoms with E-state index >= 15 is 0 Å². The van der Waals surface area contributed by atoms with Gasteiger partial charge in [0.05, 0.1) is 17.4 Å². The second-order valence-corrected chi connectivity index (χ2v) is 4.56. The number of hydrogen-bond donors (Lipinski definition) is 2. The van der Waals surface area contributed by atoms with E-state index < -0.39 is 0 Å². The molecule has 0 atom stereocenters. The van der Waals surface area contributed by atoms with Gasteiger partial charge in [-0.25, -0.2) is 4.98 Å². The van der Waals surface area contributed by atoms with Gasteiger partial charge in [-0.1, -0.05) is 6.92 Å². The van der Waals surface area contributed by atoms with Gasteiger partial charge in [0.1, 0.15) is 10.7 Å². The largest absolute Gasteiger partial charge is 0.306 e. The normalized spacial score (nSPS) is 10.4. The fourth-order valence-corrected chi connectivity index (χ4v) is 2.00. The zero-order valence-electron chi connectivity index (χ0n) is 9.07. The van der Waals surface area contributed by atoms with Gasteiger partial charge in [0.25, 0.3) is 5.91 Å². The highest BCUT2D eigenvalue weighted by atomic mass is 32.1. The third kappa shape index (κ3) is 2.11. The van der Waals surface area contributed by atoms with Crippen LogP contribution < -0.4 is 5.32 Å². The summed E-state index contributed by atoms with van der Waals surface area (Å²) in [7, 11) is 0. The van der Waals surface area contributed by atoms with Gasteiger partial charge in [-0.2, -0.15) is 5.10 Å². The van der Waals surface area contributed by atoms with Gasteiger partial charge in [0.15, 0.2) is 0 Å². The smallest absolute Gasteiger partial charge is 0.268 e. The number of nitrogens with one attached hydrogen (secondary N) is 2. The maximum Gasteiger partial charge on any atom is 0.268 e. The van der Waals surface area contributed by atoms with Gasteiger partial charge in [0, 0.05) is 5.56 Å². The van der Waals surface area contributed by atoms with Gasteiger partial charge in [-0.05, 0) is 13.3 Å². The summed E-state index contributed by atoms with van der Waals surface area (Å²) < 4.78 is 0. The molecule has 6 heteroatoms. The molecule has 0 aromatic carbocycles. The van der Waals surface area contributed by atoms with Crippen LogP contribution in [0.4, 0.5) is 5.82 Å². The van der Waals surface area contributed by atoms with Crippen molar-refractivity contribution in [1.29, 1.82) is 0 Å². The Kier molecular flexibility index (Phi) is 3.00. The summed E-state index contributed by atoms with van der Waals surface area (Å²) in [6.07, 6.45) is 4.12. The molecule has 84 valence electrons. The number of aromatic amines is 1. The molecule has 0 saturated heterocycles. The first-order valence-corrected chi connectivity index (χ1v) is 5.78. The van der Waals surface area contributed by atoms with E-state index in [0.717, 1.165) is 17.0 Å². The van der Waals surface area contributed by atoms with Gasteiger partial charge < -0.3 is 5.32 Å². The molecule has 0 bridgehead atoms. The Morgan fingerprint density at radius 3 is 3.00 bits per heavy atom. The number of H-pyrrole nitrogens is 1. The molecule has 2 aromatic rings. The number of nitrogens with zero attached hydrogens (tertiary/aromatic N) is 2. The highest BCUT2D eigenvalue weighted by molar-refractivity contribution is 7.13. The maximum atomic E-state index is 11.8. The minimum Gasteiger partial charge on any atom is -0.306 e. The monoisotopic (exact) mass is 236 g/mol. The third-order valence-electron chi connectivity index (χ3n) is 2.18. The number of rotatable bonds is 3. The average molecular weight is 236 g/mol. The molecule has 16 heavy (non-hydrogen) atoms. The Labute approximate surface area is 96.9 Å². The lowest BCUT2D eigenvalue weighted by Crippen LogP contribution is -2.11. The highest BCUT2D eigenvalue weighted by Gasteiger charge is 2.12. The van der Waals surface area contributed by atoms with Crippen LogP contribution in [0.5, 0.6) is 0 Å². The molecule has 0 saturated carbocycles. The lowest BCUT2D eigenvalue weighted by molar-refractivity contribution is 0.103. The molecule has 5 nitrogen and oxygen atoms in total. The Morgan fingerprint density at radius 1 is 1.56 bits per heavy atom. The van der Waals surface area contributed by atoms with E-state index in [4.69, 9.17) is 0 Å². The first-order chi connectivity index (χ1) is 7.70. The number of carbonyl (C=O) groups excluding carboxylic acids is 1. The average Bonchev–Trinajstić information content (AvgIpc) is 2.86. The SMILES string of the molecule is CCc1cn[nH]c1NC(=O)c1cnc(C)s1.